The van der Waals surface area contributed by atoms with Crippen molar-refractivity contribution in [2.45, 2.75) is 34.1 Å². The summed E-state index contributed by atoms with van der Waals surface area (Å²) in [4.78, 5) is 23.8. The molecule has 4 nitrogen and oxygen atoms in total. The van der Waals surface area contributed by atoms with Crippen molar-refractivity contribution in [3.63, 3.8) is 0 Å². The highest BCUT2D eigenvalue weighted by Crippen LogP contribution is 2.13. The molecule has 0 aliphatic heterocycles. The number of rotatable bonds is 6. The van der Waals surface area contributed by atoms with E-state index in [4.69, 9.17) is 0 Å². The van der Waals surface area contributed by atoms with Crippen molar-refractivity contribution in [2.24, 2.45) is 11.8 Å². The van der Waals surface area contributed by atoms with Crippen LogP contribution in [0.15, 0.2) is 24.3 Å². The summed E-state index contributed by atoms with van der Waals surface area (Å²) in [5.74, 6) is 0.242. The molecule has 0 saturated carbocycles. The Hall–Kier alpha value is -1.84. The lowest BCUT2D eigenvalue weighted by Crippen LogP contribution is -2.27. The molecule has 0 aromatic heterocycles. The highest BCUT2D eigenvalue weighted by atomic mass is 16.2. The second-order valence-electron chi connectivity index (χ2n) is 5.48. The van der Waals surface area contributed by atoms with E-state index in [1.807, 2.05) is 27.7 Å². The van der Waals surface area contributed by atoms with E-state index < -0.39 is 0 Å². The second-order valence-corrected chi connectivity index (χ2v) is 5.48. The quantitative estimate of drug-likeness (QED) is 0.839. The van der Waals surface area contributed by atoms with Gasteiger partial charge in [-0.25, -0.2) is 0 Å². The average molecular weight is 276 g/mol. The van der Waals surface area contributed by atoms with Gasteiger partial charge in [0.1, 0.15) is 0 Å². The molecule has 0 spiro atoms. The number of amides is 2. The van der Waals surface area contributed by atoms with Crippen LogP contribution in [0.3, 0.4) is 0 Å². The third-order valence-electron chi connectivity index (χ3n) is 3.12. The molecular formula is C16H24N2O2. The summed E-state index contributed by atoms with van der Waals surface area (Å²) >= 11 is 0. The molecule has 1 aromatic carbocycles. The first-order valence-electron chi connectivity index (χ1n) is 7.13. The number of anilines is 1. The lowest BCUT2D eigenvalue weighted by molar-refractivity contribution is -0.119. The first kappa shape index (κ1) is 16.2. The number of hydrogen-bond donors (Lipinski definition) is 2. The predicted molar refractivity (Wildman–Crippen MR) is 81.7 cm³/mol. The molecule has 0 radical (unpaired) electrons. The monoisotopic (exact) mass is 276 g/mol. The van der Waals surface area contributed by atoms with Crippen LogP contribution in [0.25, 0.3) is 0 Å². The van der Waals surface area contributed by atoms with Crippen LogP contribution in [0, 0.1) is 11.8 Å². The van der Waals surface area contributed by atoms with Crippen molar-refractivity contribution in [3.05, 3.63) is 29.8 Å². The van der Waals surface area contributed by atoms with Crippen LogP contribution < -0.4 is 10.6 Å². The molecule has 20 heavy (non-hydrogen) atoms. The number of benzene rings is 1. The molecule has 0 fully saturated rings. The minimum atomic E-state index is -0.113. The van der Waals surface area contributed by atoms with Gasteiger partial charge in [0.05, 0.1) is 0 Å². The summed E-state index contributed by atoms with van der Waals surface area (Å²) in [6.07, 6.45) is 0.792. The number of hydrogen-bond acceptors (Lipinski definition) is 2. The van der Waals surface area contributed by atoms with Gasteiger partial charge in [-0.3, -0.25) is 9.59 Å². The van der Waals surface area contributed by atoms with Crippen molar-refractivity contribution in [3.8, 4) is 0 Å². The van der Waals surface area contributed by atoms with Gasteiger partial charge in [0.25, 0.3) is 5.91 Å². The molecule has 0 bridgehead atoms. The normalized spacial score (nSPS) is 12.1. The first-order chi connectivity index (χ1) is 9.43. The average Bonchev–Trinajstić information content (AvgIpc) is 2.43. The molecule has 1 aromatic rings. The zero-order valence-corrected chi connectivity index (χ0v) is 12.7. The fourth-order valence-electron chi connectivity index (χ4n) is 1.59. The third kappa shape index (κ3) is 5.03. The van der Waals surface area contributed by atoms with E-state index in [2.05, 4.69) is 10.6 Å². The highest BCUT2D eigenvalue weighted by Gasteiger charge is 2.12. The van der Waals surface area contributed by atoms with Gasteiger partial charge in [-0.1, -0.05) is 33.8 Å². The van der Waals surface area contributed by atoms with Crippen LogP contribution in [-0.4, -0.2) is 18.4 Å². The van der Waals surface area contributed by atoms with Crippen molar-refractivity contribution in [1.29, 1.82) is 0 Å². The van der Waals surface area contributed by atoms with E-state index in [0.29, 0.717) is 23.7 Å². The maximum atomic E-state index is 12.0. The lowest BCUT2D eigenvalue weighted by Gasteiger charge is -2.11. The molecule has 0 aliphatic carbocycles. The molecule has 4 heteroatoms. The number of carbonyl (C=O) groups excluding carboxylic acids is 2. The van der Waals surface area contributed by atoms with Crippen molar-refractivity contribution >= 4 is 17.5 Å². The largest absolute Gasteiger partial charge is 0.352 e. The van der Waals surface area contributed by atoms with Crippen LogP contribution in [0.1, 0.15) is 44.5 Å². The Morgan fingerprint density at radius 2 is 1.90 bits per heavy atom. The van der Waals surface area contributed by atoms with Crippen molar-refractivity contribution in [2.75, 3.05) is 11.9 Å². The third-order valence-corrected chi connectivity index (χ3v) is 3.12. The maximum Gasteiger partial charge on any atom is 0.251 e. The number of carbonyl (C=O) groups is 2. The topological polar surface area (TPSA) is 58.2 Å². The van der Waals surface area contributed by atoms with Gasteiger partial charge in [0, 0.05) is 23.7 Å². The summed E-state index contributed by atoms with van der Waals surface area (Å²) in [5.41, 5.74) is 1.22. The van der Waals surface area contributed by atoms with Gasteiger partial charge in [0.2, 0.25) is 5.91 Å². The molecule has 1 unspecified atom stereocenters. The Labute approximate surface area is 121 Å². The van der Waals surface area contributed by atoms with E-state index in [1.54, 1.807) is 24.3 Å². The predicted octanol–water partition coefficient (Wildman–Crippen LogP) is 3.06. The zero-order chi connectivity index (χ0) is 15.1. The first-order valence-corrected chi connectivity index (χ1v) is 7.13. The van der Waals surface area contributed by atoms with Crippen molar-refractivity contribution in [1.82, 2.24) is 5.32 Å². The minimum absolute atomic E-state index is 0.0211. The van der Waals surface area contributed by atoms with Gasteiger partial charge in [0.15, 0.2) is 0 Å². The van der Waals surface area contributed by atoms with E-state index in [0.717, 1.165) is 6.42 Å². The van der Waals surface area contributed by atoms with E-state index >= 15 is 0 Å². The molecule has 2 N–H and O–H groups in total. The maximum absolute atomic E-state index is 12.0. The van der Waals surface area contributed by atoms with Crippen LogP contribution >= 0.6 is 0 Å². The molecule has 1 atom stereocenters. The molecule has 0 aliphatic rings. The van der Waals surface area contributed by atoms with Crippen LogP contribution in [0.2, 0.25) is 0 Å². The Bertz CT molecular complexity index is 469. The Kier molecular flexibility index (Phi) is 6.22. The minimum Gasteiger partial charge on any atom is -0.352 e. The fourth-order valence-corrected chi connectivity index (χ4v) is 1.59. The molecule has 0 heterocycles. The van der Waals surface area contributed by atoms with Gasteiger partial charge < -0.3 is 10.6 Å². The van der Waals surface area contributed by atoms with Crippen LogP contribution in [-0.2, 0) is 4.79 Å². The number of nitrogens with one attached hydrogen (secondary N) is 2. The smallest absolute Gasteiger partial charge is 0.251 e. The Morgan fingerprint density at radius 1 is 1.20 bits per heavy atom. The van der Waals surface area contributed by atoms with Crippen LogP contribution in [0.5, 0.6) is 0 Å². The molecule has 0 saturated heterocycles. The van der Waals surface area contributed by atoms with E-state index in [-0.39, 0.29) is 17.7 Å². The van der Waals surface area contributed by atoms with Crippen LogP contribution in [0.4, 0.5) is 5.69 Å². The molecule has 110 valence electrons. The standard InChI is InChI=1S/C16H24N2O2/c1-5-12(4)15(19)18-14-8-6-7-13(9-14)16(20)17-10-11(2)3/h6-9,11-12H,5,10H2,1-4H3,(H,17,20)(H,18,19). The summed E-state index contributed by atoms with van der Waals surface area (Å²) < 4.78 is 0. The van der Waals surface area contributed by atoms with Gasteiger partial charge in [-0.05, 0) is 30.5 Å². The van der Waals surface area contributed by atoms with E-state index in [1.165, 1.54) is 0 Å². The van der Waals surface area contributed by atoms with E-state index in [9.17, 15) is 9.59 Å². The Balaban J connectivity index is 2.70. The van der Waals surface area contributed by atoms with Gasteiger partial charge in [-0.2, -0.15) is 0 Å². The molecule has 2 amide bonds. The second kappa shape index (κ2) is 7.68. The Morgan fingerprint density at radius 3 is 2.50 bits per heavy atom. The lowest BCUT2D eigenvalue weighted by atomic mass is 10.1. The molecular weight excluding hydrogens is 252 g/mol. The summed E-state index contributed by atoms with van der Waals surface area (Å²) in [7, 11) is 0. The molecule has 1 rings (SSSR count). The van der Waals surface area contributed by atoms with Crippen molar-refractivity contribution < 1.29 is 9.59 Å². The highest BCUT2D eigenvalue weighted by molar-refractivity contribution is 5.97. The summed E-state index contributed by atoms with van der Waals surface area (Å²) in [6, 6.07) is 7.01. The fraction of sp³-hybridized carbons (Fsp3) is 0.500. The summed E-state index contributed by atoms with van der Waals surface area (Å²) in [6.45, 7) is 8.59. The SMILES string of the molecule is CCC(C)C(=O)Nc1cccc(C(=O)NCC(C)C)c1. The zero-order valence-electron chi connectivity index (χ0n) is 12.7. The van der Waals surface area contributed by atoms with Gasteiger partial charge in [-0.15, -0.1) is 0 Å². The summed E-state index contributed by atoms with van der Waals surface area (Å²) in [5, 5.41) is 5.70. The van der Waals surface area contributed by atoms with Gasteiger partial charge >= 0.3 is 0 Å².